The van der Waals surface area contributed by atoms with Crippen LogP contribution in [0.4, 0.5) is 5.13 Å². The number of nitrogens with zero attached hydrogens (tertiary/aromatic N) is 4. The maximum absolute atomic E-state index is 14.0. The first-order valence-electron chi connectivity index (χ1n) is 11.6. The molecule has 8 nitrogen and oxygen atoms in total. The molecule has 4 atom stereocenters. The van der Waals surface area contributed by atoms with Crippen molar-refractivity contribution in [2.24, 2.45) is 5.92 Å². The zero-order valence-electron chi connectivity index (χ0n) is 18.2. The monoisotopic (exact) mass is 472 g/mol. The highest BCUT2D eigenvalue weighted by molar-refractivity contribution is 7.15. The number of carbonyl (C=O) groups excluding carboxylic acids is 1. The highest BCUT2D eigenvalue weighted by Crippen LogP contribution is 2.40. The van der Waals surface area contributed by atoms with Crippen LogP contribution < -0.4 is 4.65 Å². The van der Waals surface area contributed by atoms with E-state index in [-0.39, 0.29) is 12.6 Å². The fourth-order valence-electron chi connectivity index (χ4n) is 5.04. The van der Waals surface area contributed by atoms with E-state index in [2.05, 4.69) is 17.1 Å². The summed E-state index contributed by atoms with van der Waals surface area (Å²) in [5, 5.41) is 24.0. The second kappa shape index (κ2) is 10.4. The maximum Gasteiger partial charge on any atom is 0.340 e. The van der Waals surface area contributed by atoms with Crippen molar-refractivity contribution < 1.29 is 14.3 Å². The van der Waals surface area contributed by atoms with Crippen LogP contribution >= 0.6 is 22.9 Å². The largest absolute Gasteiger partial charge is 0.622 e. The second-order valence-corrected chi connectivity index (χ2v) is 10.3. The van der Waals surface area contributed by atoms with Crippen LogP contribution in [0.5, 0.6) is 0 Å². The fraction of sp³-hybridized carbons (Fsp3) is 0.857. The van der Waals surface area contributed by atoms with Crippen molar-refractivity contribution in [1.82, 2.24) is 19.7 Å². The number of hydrogen-bond donors (Lipinski definition) is 0. The van der Waals surface area contributed by atoms with E-state index in [1.807, 2.05) is 4.90 Å². The number of alkyl halides is 1. The molecule has 0 radical (unpaired) electrons. The number of hydrogen-bond acceptors (Lipinski definition) is 8. The molecule has 0 amide bonds. The number of carbonyl (C=O) groups is 1. The standard InChI is InChI=1S/C21H33ClN4O4S/c1-2-6-15-9-12-29-18(15)20(27)30-17-13-25(11-10-22)14-26(17,28)21-24-23-19(31-21)16-7-4-3-5-8-16/h15-18H,2-14H2,1H3. The number of ether oxygens (including phenoxy) is 2. The molecule has 2 aliphatic heterocycles. The molecule has 3 heterocycles. The van der Waals surface area contributed by atoms with Gasteiger partial charge in [-0.3, -0.25) is 4.65 Å². The molecule has 0 N–H and O–H groups in total. The van der Waals surface area contributed by atoms with Gasteiger partial charge >= 0.3 is 11.1 Å². The maximum atomic E-state index is 14.0. The summed E-state index contributed by atoms with van der Waals surface area (Å²) < 4.78 is 10.7. The normalized spacial score (nSPS) is 32.5. The fourth-order valence-corrected chi connectivity index (χ4v) is 6.36. The van der Waals surface area contributed by atoms with Crippen molar-refractivity contribution in [3.05, 3.63) is 10.2 Å². The van der Waals surface area contributed by atoms with Gasteiger partial charge in [-0.05, 0) is 42.9 Å². The van der Waals surface area contributed by atoms with E-state index in [9.17, 15) is 10.0 Å². The molecule has 3 fully saturated rings. The molecule has 1 aromatic heterocycles. The summed E-state index contributed by atoms with van der Waals surface area (Å²) in [4.78, 5) is 14.9. The minimum absolute atomic E-state index is 0.158. The lowest BCUT2D eigenvalue weighted by Gasteiger charge is -2.38. The summed E-state index contributed by atoms with van der Waals surface area (Å²) in [5.74, 6) is 0.528. The van der Waals surface area contributed by atoms with Crippen molar-refractivity contribution in [3.8, 4) is 0 Å². The average Bonchev–Trinajstić information content (AvgIpc) is 3.50. The Morgan fingerprint density at radius 1 is 1.32 bits per heavy atom. The molecule has 3 aliphatic rings. The van der Waals surface area contributed by atoms with Gasteiger partial charge in [-0.25, -0.2) is 9.69 Å². The highest BCUT2D eigenvalue weighted by Gasteiger charge is 2.48. The molecule has 1 saturated carbocycles. The third-order valence-corrected chi connectivity index (χ3v) is 8.12. The van der Waals surface area contributed by atoms with Crippen molar-refractivity contribution in [3.63, 3.8) is 0 Å². The van der Waals surface area contributed by atoms with Gasteiger partial charge in [0, 0.05) is 24.9 Å². The Balaban J connectivity index is 1.51. The Labute approximate surface area is 193 Å². The van der Waals surface area contributed by atoms with Crippen LogP contribution in [0.2, 0.25) is 0 Å². The zero-order valence-corrected chi connectivity index (χ0v) is 19.8. The number of aromatic nitrogens is 2. The first-order valence-corrected chi connectivity index (χ1v) is 12.9. The molecular formula is C21H33ClN4O4S. The predicted octanol–water partition coefficient (Wildman–Crippen LogP) is 3.98. The molecule has 10 heteroatoms. The number of halogens is 1. The number of rotatable bonds is 8. The Kier molecular flexibility index (Phi) is 7.82. The number of esters is 1. The smallest absolute Gasteiger partial charge is 0.340 e. The van der Waals surface area contributed by atoms with Crippen molar-refractivity contribution in [2.45, 2.75) is 76.5 Å². The van der Waals surface area contributed by atoms with E-state index in [0.717, 1.165) is 37.1 Å². The third-order valence-electron chi connectivity index (χ3n) is 6.76. The van der Waals surface area contributed by atoms with E-state index in [1.165, 1.54) is 30.6 Å². The lowest BCUT2D eigenvalue weighted by Crippen LogP contribution is -2.52. The molecule has 174 valence electrons. The Morgan fingerprint density at radius 2 is 2.13 bits per heavy atom. The molecule has 0 spiro atoms. The minimum Gasteiger partial charge on any atom is -0.622 e. The van der Waals surface area contributed by atoms with E-state index in [0.29, 0.717) is 36.6 Å². The SMILES string of the molecule is CCCC1CCOC1C(=O)OC1CN(CCCl)C[N+]1([O-])c1nnc(C2CCCCC2)s1. The molecule has 0 bridgehead atoms. The van der Waals surface area contributed by atoms with Gasteiger partial charge in [0.25, 0.3) is 6.23 Å². The summed E-state index contributed by atoms with van der Waals surface area (Å²) in [6.07, 6.45) is 7.15. The topological polar surface area (TPSA) is 87.6 Å². The van der Waals surface area contributed by atoms with Crippen molar-refractivity contribution >= 4 is 34.0 Å². The Hall–Kier alpha value is -0.840. The zero-order chi connectivity index (χ0) is 21.8. The van der Waals surface area contributed by atoms with Crippen LogP contribution in [0.1, 0.15) is 69.2 Å². The summed E-state index contributed by atoms with van der Waals surface area (Å²) in [5.41, 5.74) is 0. The summed E-state index contributed by atoms with van der Waals surface area (Å²) in [7, 11) is 0. The van der Waals surface area contributed by atoms with Gasteiger partial charge < -0.3 is 14.7 Å². The van der Waals surface area contributed by atoms with Gasteiger partial charge in [0.2, 0.25) is 0 Å². The van der Waals surface area contributed by atoms with E-state index >= 15 is 0 Å². The van der Waals surface area contributed by atoms with Gasteiger partial charge in [-0.2, -0.15) is 0 Å². The lowest BCUT2D eigenvalue weighted by molar-refractivity contribution is -0.166. The molecule has 2 saturated heterocycles. The lowest BCUT2D eigenvalue weighted by atomic mass is 9.90. The van der Waals surface area contributed by atoms with E-state index < -0.39 is 22.9 Å². The van der Waals surface area contributed by atoms with Crippen molar-refractivity contribution in [2.75, 3.05) is 32.2 Å². The molecule has 31 heavy (non-hydrogen) atoms. The number of quaternary nitrogens is 1. The molecule has 1 aliphatic carbocycles. The molecule has 0 aromatic carbocycles. The van der Waals surface area contributed by atoms with Crippen LogP contribution in [0.15, 0.2) is 0 Å². The minimum atomic E-state index is -0.880. The van der Waals surface area contributed by atoms with Crippen LogP contribution in [0, 0.1) is 11.1 Å². The van der Waals surface area contributed by atoms with Crippen LogP contribution in [0.3, 0.4) is 0 Å². The van der Waals surface area contributed by atoms with Crippen LogP contribution in [0.25, 0.3) is 0 Å². The van der Waals surface area contributed by atoms with Gasteiger partial charge in [0.15, 0.2) is 6.10 Å². The van der Waals surface area contributed by atoms with Gasteiger partial charge in [0.1, 0.15) is 11.7 Å². The van der Waals surface area contributed by atoms with Crippen LogP contribution in [-0.2, 0) is 14.3 Å². The van der Waals surface area contributed by atoms with E-state index in [1.54, 1.807) is 0 Å². The molecule has 4 rings (SSSR count). The third kappa shape index (κ3) is 5.07. The van der Waals surface area contributed by atoms with Gasteiger partial charge in [-0.15, -0.1) is 16.7 Å². The molecule has 4 unspecified atom stereocenters. The summed E-state index contributed by atoms with van der Waals surface area (Å²) in [6.45, 7) is 3.72. The predicted molar refractivity (Wildman–Crippen MR) is 121 cm³/mol. The first kappa shape index (κ1) is 23.3. The van der Waals surface area contributed by atoms with E-state index in [4.69, 9.17) is 21.1 Å². The highest BCUT2D eigenvalue weighted by atomic mass is 35.5. The Morgan fingerprint density at radius 3 is 2.87 bits per heavy atom. The summed E-state index contributed by atoms with van der Waals surface area (Å²) >= 11 is 7.32. The molecule has 1 aromatic rings. The first-order chi connectivity index (χ1) is 15.0. The van der Waals surface area contributed by atoms with Crippen molar-refractivity contribution in [1.29, 1.82) is 0 Å². The Bertz CT molecular complexity index is 747. The second-order valence-electron chi connectivity index (χ2n) is 8.98. The quantitative estimate of drug-likeness (QED) is 0.245. The van der Waals surface area contributed by atoms with Crippen LogP contribution in [-0.4, -0.2) is 65.6 Å². The molecular weight excluding hydrogens is 440 g/mol. The van der Waals surface area contributed by atoms with Gasteiger partial charge in [-0.1, -0.05) is 37.7 Å². The summed E-state index contributed by atoms with van der Waals surface area (Å²) in [6, 6.07) is 0. The number of hydroxylamine groups is 2. The average molecular weight is 473 g/mol. The van der Waals surface area contributed by atoms with Gasteiger partial charge in [0.05, 0.1) is 6.54 Å².